The number of piperidine rings is 1. The van der Waals surface area contributed by atoms with Gasteiger partial charge in [-0.25, -0.2) is 0 Å². The number of hydrogen-bond donors (Lipinski definition) is 1. The number of aryl methyl sites for hydroxylation is 1. The fourth-order valence-corrected chi connectivity index (χ4v) is 2.78. The van der Waals surface area contributed by atoms with Crippen molar-refractivity contribution in [2.45, 2.75) is 45.8 Å². The van der Waals surface area contributed by atoms with E-state index in [2.05, 4.69) is 34.6 Å². The first-order valence-corrected chi connectivity index (χ1v) is 6.67. The SMILES string of the molecule is CCCn1nccc1CN1CC(C)CC(N)C1. The first-order chi connectivity index (χ1) is 8.19. The van der Waals surface area contributed by atoms with Crippen LogP contribution in [0.2, 0.25) is 0 Å². The predicted molar refractivity (Wildman–Crippen MR) is 69.6 cm³/mol. The molecule has 0 aliphatic carbocycles. The van der Waals surface area contributed by atoms with Gasteiger partial charge in [-0.3, -0.25) is 9.58 Å². The summed E-state index contributed by atoms with van der Waals surface area (Å²) >= 11 is 0. The van der Waals surface area contributed by atoms with Crippen molar-refractivity contribution in [3.8, 4) is 0 Å². The highest BCUT2D eigenvalue weighted by atomic mass is 15.3. The molecule has 0 radical (unpaired) electrons. The molecule has 2 heterocycles. The fourth-order valence-electron chi connectivity index (χ4n) is 2.78. The Morgan fingerprint density at radius 1 is 1.47 bits per heavy atom. The van der Waals surface area contributed by atoms with Crippen LogP contribution in [0.1, 0.15) is 32.4 Å². The second kappa shape index (κ2) is 5.65. The van der Waals surface area contributed by atoms with Crippen molar-refractivity contribution in [3.63, 3.8) is 0 Å². The van der Waals surface area contributed by atoms with Gasteiger partial charge < -0.3 is 5.73 Å². The van der Waals surface area contributed by atoms with Crippen LogP contribution in [-0.2, 0) is 13.1 Å². The zero-order chi connectivity index (χ0) is 12.3. The number of nitrogens with zero attached hydrogens (tertiary/aromatic N) is 3. The molecule has 1 fully saturated rings. The molecular formula is C13H24N4. The van der Waals surface area contributed by atoms with Crippen LogP contribution in [0, 0.1) is 5.92 Å². The molecule has 4 nitrogen and oxygen atoms in total. The summed E-state index contributed by atoms with van der Waals surface area (Å²) in [6.07, 6.45) is 4.19. The number of likely N-dealkylation sites (tertiary alicyclic amines) is 1. The number of rotatable bonds is 4. The van der Waals surface area contributed by atoms with E-state index in [1.807, 2.05) is 6.20 Å². The highest BCUT2D eigenvalue weighted by molar-refractivity contribution is 5.01. The minimum Gasteiger partial charge on any atom is -0.327 e. The van der Waals surface area contributed by atoms with Gasteiger partial charge in [0.2, 0.25) is 0 Å². The van der Waals surface area contributed by atoms with Gasteiger partial charge in [0, 0.05) is 38.4 Å². The monoisotopic (exact) mass is 236 g/mol. The summed E-state index contributed by atoms with van der Waals surface area (Å²) in [7, 11) is 0. The molecule has 1 saturated heterocycles. The van der Waals surface area contributed by atoms with Gasteiger partial charge in [-0.05, 0) is 24.8 Å². The van der Waals surface area contributed by atoms with Gasteiger partial charge in [0.05, 0.1) is 5.69 Å². The summed E-state index contributed by atoms with van der Waals surface area (Å²) in [6, 6.07) is 2.46. The predicted octanol–water partition coefficient (Wildman–Crippen LogP) is 1.46. The Labute approximate surface area is 104 Å². The summed E-state index contributed by atoms with van der Waals surface area (Å²) in [5, 5.41) is 4.37. The molecule has 2 unspecified atom stereocenters. The van der Waals surface area contributed by atoms with Crippen molar-refractivity contribution >= 4 is 0 Å². The number of hydrogen-bond acceptors (Lipinski definition) is 3. The number of aromatic nitrogens is 2. The maximum absolute atomic E-state index is 6.08. The topological polar surface area (TPSA) is 47.1 Å². The van der Waals surface area contributed by atoms with Crippen molar-refractivity contribution in [3.05, 3.63) is 18.0 Å². The Morgan fingerprint density at radius 3 is 3.00 bits per heavy atom. The second-order valence-corrected chi connectivity index (χ2v) is 5.34. The Bertz CT molecular complexity index is 337. The number of nitrogens with two attached hydrogens (primary N) is 1. The molecule has 1 aromatic rings. The lowest BCUT2D eigenvalue weighted by Crippen LogP contribution is -2.46. The molecule has 2 N–H and O–H groups in total. The Hall–Kier alpha value is -0.870. The normalized spacial score (nSPS) is 26.3. The summed E-state index contributed by atoms with van der Waals surface area (Å²) in [4.78, 5) is 2.46. The van der Waals surface area contributed by atoms with Gasteiger partial charge >= 0.3 is 0 Å². The van der Waals surface area contributed by atoms with E-state index in [1.54, 1.807) is 0 Å². The lowest BCUT2D eigenvalue weighted by atomic mass is 9.96. The Balaban J connectivity index is 1.97. The van der Waals surface area contributed by atoms with Crippen LogP contribution in [0.3, 0.4) is 0 Å². The van der Waals surface area contributed by atoms with Gasteiger partial charge in [-0.15, -0.1) is 0 Å². The molecule has 1 aliphatic heterocycles. The van der Waals surface area contributed by atoms with E-state index in [0.29, 0.717) is 12.0 Å². The van der Waals surface area contributed by atoms with E-state index in [1.165, 1.54) is 5.69 Å². The smallest absolute Gasteiger partial charge is 0.0524 e. The van der Waals surface area contributed by atoms with Crippen LogP contribution in [0.5, 0.6) is 0 Å². The van der Waals surface area contributed by atoms with Crippen LogP contribution < -0.4 is 5.73 Å². The molecular weight excluding hydrogens is 212 g/mol. The molecule has 0 spiro atoms. The summed E-state index contributed by atoms with van der Waals surface area (Å²) < 4.78 is 2.12. The van der Waals surface area contributed by atoms with Gasteiger partial charge in [-0.2, -0.15) is 5.10 Å². The van der Waals surface area contributed by atoms with Gasteiger partial charge in [0.1, 0.15) is 0 Å². The highest BCUT2D eigenvalue weighted by Crippen LogP contribution is 2.17. The lowest BCUT2D eigenvalue weighted by Gasteiger charge is -2.34. The Morgan fingerprint density at radius 2 is 2.29 bits per heavy atom. The minimum atomic E-state index is 0.335. The average Bonchev–Trinajstić information content (AvgIpc) is 2.65. The maximum Gasteiger partial charge on any atom is 0.0524 e. The van der Waals surface area contributed by atoms with Crippen LogP contribution in [-0.4, -0.2) is 33.8 Å². The molecule has 2 atom stereocenters. The zero-order valence-electron chi connectivity index (χ0n) is 11.0. The molecule has 1 aromatic heterocycles. The summed E-state index contributed by atoms with van der Waals surface area (Å²) in [5.74, 6) is 0.710. The molecule has 4 heteroatoms. The van der Waals surface area contributed by atoms with Gasteiger partial charge in [0.25, 0.3) is 0 Å². The van der Waals surface area contributed by atoms with Crippen molar-refractivity contribution in [1.29, 1.82) is 0 Å². The molecule has 0 bridgehead atoms. The largest absolute Gasteiger partial charge is 0.327 e. The van der Waals surface area contributed by atoms with Crippen LogP contribution in [0.15, 0.2) is 12.3 Å². The van der Waals surface area contributed by atoms with E-state index >= 15 is 0 Å². The van der Waals surface area contributed by atoms with Crippen molar-refractivity contribution < 1.29 is 0 Å². The summed E-state index contributed by atoms with van der Waals surface area (Å²) in [6.45, 7) is 8.64. The highest BCUT2D eigenvalue weighted by Gasteiger charge is 2.22. The van der Waals surface area contributed by atoms with E-state index in [-0.39, 0.29) is 0 Å². The van der Waals surface area contributed by atoms with Crippen molar-refractivity contribution in [2.24, 2.45) is 11.7 Å². The zero-order valence-corrected chi connectivity index (χ0v) is 11.0. The van der Waals surface area contributed by atoms with Crippen molar-refractivity contribution in [2.75, 3.05) is 13.1 Å². The third kappa shape index (κ3) is 3.30. The van der Waals surface area contributed by atoms with Crippen LogP contribution in [0.4, 0.5) is 0 Å². The molecule has 17 heavy (non-hydrogen) atoms. The third-order valence-electron chi connectivity index (χ3n) is 3.39. The van der Waals surface area contributed by atoms with E-state index in [0.717, 1.165) is 39.0 Å². The molecule has 0 amide bonds. The quantitative estimate of drug-likeness (QED) is 0.861. The van der Waals surface area contributed by atoms with Gasteiger partial charge in [-0.1, -0.05) is 13.8 Å². The average molecular weight is 236 g/mol. The fraction of sp³-hybridized carbons (Fsp3) is 0.769. The molecule has 1 aliphatic rings. The first kappa shape index (κ1) is 12.6. The molecule has 0 saturated carbocycles. The molecule has 0 aromatic carbocycles. The standard InChI is InChI=1S/C13H24N4/c1-3-6-17-13(4-5-15-17)10-16-8-11(2)7-12(14)9-16/h4-5,11-12H,3,6-10,14H2,1-2H3. The van der Waals surface area contributed by atoms with E-state index in [4.69, 9.17) is 5.73 Å². The minimum absolute atomic E-state index is 0.335. The Kier molecular flexibility index (Phi) is 4.18. The van der Waals surface area contributed by atoms with Crippen molar-refractivity contribution in [1.82, 2.24) is 14.7 Å². The van der Waals surface area contributed by atoms with E-state index < -0.39 is 0 Å². The maximum atomic E-state index is 6.08. The third-order valence-corrected chi connectivity index (χ3v) is 3.39. The molecule has 2 rings (SSSR count). The molecule has 96 valence electrons. The second-order valence-electron chi connectivity index (χ2n) is 5.34. The van der Waals surface area contributed by atoms with Gasteiger partial charge in [0.15, 0.2) is 0 Å². The lowest BCUT2D eigenvalue weighted by molar-refractivity contribution is 0.154. The van der Waals surface area contributed by atoms with Crippen LogP contribution >= 0.6 is 0 Å². The first-order valence-electron chi connectivity index (χ1n) is 6.67. The van der Waals surface area contributed by atoms with E-state index in [9.17, 15) is 0 Å². The summed E-state index contributed by atoms with van der Waals surface area (Å²) in [5.41, 5.74) is 7.39. The van der Waals surface area contributed by atoms with Crippen LogP contribution in [0.25, 0.3) is 0 Å².